The zero-order valence-corrected chi connectivity index (χ0v) is 17.1. The van der Waals surface area contributed by atoms with Crippen molar-refractivity contribution in [1.29, 1.82) is 0 Å². The van der Waals surface area contributed by atoms with E-state index in [-0.39, 0.29) is 18.5 Å². The molecule has 2 saturated heterocycles. The second kappa shape index (κ2) is 8.53. The third kappa shape index (κ3) is 4.61. The van der Waals surface area contributed by atoms with Crippen molar-refractivity contribution in [3.05, 3.63) is 30.5 Å². The molecule has 2 aliphatic heterocycles. The van der Waals surface area contributed by atoms with Crippen LogP contribution in [0.2, 0.25) is 0 Å². The average Bonchev–Trinajstić information content (AvgIpc) is 3.07. The molecule has 2 aromatic rings. The number of aromatic nitrogens is 1. The van der Waals surface area contributed by atoms with Gasteiger partial charge in [-0.2, -0.15) is 0 Å². The molecule has 2 aliphatic rings. The van der Waals surface area contributed by atoms with Gasteiger partial charge in [0.2, 0.25) is 5.91 Å². The Labute approximate surface area is 171 Å². The van der Waals surface area contributed by atoms with Gasteiger partial charge in [0.25, 0.3) is 0 Å². The zero-order chi connectivity index (χ0) is 20.4. The summed E-state index contributed by atoms with van der Waals surface area (Å²) < 4.78 is 18.8. The maximum absolute atomic E-state index is 13.5. The summed E-state index contributed by atoms with van der Waals surface area (Å²) in [6.45, 7) is 4.29. The van der Waals surface area contributed by atoms with E-state index in [0.29, 0.717) is 19.0 Å². The van der Waals surface area contributed by atoms with Gasteiger partial charge in [0.15, 0.2) is 0 Å². The van der Waals surface area contributed by atoms with E-state index in [2.05, 4.69) is 21.3 Å². The molecular formula is C22H29FN4O2. The van der Waals surface area contributed by atoms with Gasteiger partial charge in [0.1, 0.15) is 11.9 Å². The van der Waals surface area contributed by atoms with Crippen molar-refractivity contribution in [1.82, 2.24) is 14.8 Å². The number of fused-ring (bicyclic) bond motifs is 1. The van der Waals surface area contributed by atoms with Gasteiger partial charge in [-0.05, 0) is 44.0 Å². The third-order valence-corrected chi connectivity index (χ3v) is 6.05. The Kier molecular flexibility index (Phi) is 5.85. The number of ether oxygens (including phenoxy) is 1. The number of piperidine rings is 1. The Morgan fingerprint density at radius 3 is 2.79 bits per heavy atom. The van der Waals surface area contributed by atoms with Gasteiger partial charge in [-0.1, -0.05) is 0 Å². The topological polar surface area (TPSA) is 57.7 Å². The number of pyridine rings is 1. The smallest absolute Gasteiger partial charge is 0.237 e. The van der Waals surface area contributed by atoms with Crippen molar-refractivity contribution in [2.75, 3.05) is 38.6 Å². The minimum atomic E-state index is -0.876. The molecule has 0 unspecified atom stereocenters. The van der Waals surface area contributed by atoms with E-state index in [1.807, 2.05) is 31.3 Å². The first-order valence-corrected chi connectivity index (χ1v) is 10.4. The lowest BCUT2D eigenvalue weighted by Crippen LogP contribution is -2.46. The van der Waals surface area contributed by atoms with Crippen LogP contribution in [0.15, 0.2) is 30.5 Å². The molecule has 1 N–H and O–H groups in total. The number of hydrogen-bond donors (Lipinski definition) is 1. The van der Waals surface area contributed by atoms with Crippen LogP contribution in [0.1, 0.15) is 26.2 Å². The minimum Gasteiger partial charge on any atom is -0.497 e. The summed E-state index contributed by atoms with van der Waals surface area (Å²) in [4.78, 5) is 20.9. The largest absolute Gasteiger partial charge is 0.497 e. The van der Waals surface area contributed by atoms with Crippen molar-refractivity contribution in [2.45, 2.75) is 44.4 Å². The molecule has 4 rings (SSSR count). The predicted molar refractivity (Wildman–Crippen MR) is 112 cm³/mol. The highest BCUT2D eigenvalue weighted by molar-refractivity contribution is 5.83. The maximum atomic E-state index is 13.5. The Morgan fingerprint density at radius 2 is 2.10 bits per heavy atom. The van der Waals surface area contributed by atoms with Gasteiger partial charge in [-0.3, -0.25) is 14.7 Å². The number of halogens is 1. The molecule has 0 aliphatic carbocycles. The molecule has 1 aromatic heterocycles. The van der Waals surface area contributed by atoms with Crippen molar-refractivity contribution >= 4 is 22.5 Å². The van der Waals surface area contributed by atoms with Crippen molar-refractivity contribution in [2.24, 2.45) is 0 Å². The lowest BCUT2D eigenvalue weighted by Gasteiger charge is -2.33. The highest BCUT2D eigenvalue weighted by atomic mass is 19.1. The van der Waals surface area contributed by atoms with E-state index in [0.717, 1.165) is 48.3 Å². The second-order valence-electron chi connectivity index (χ2n) is 8.21. The fraction of sp³-hybridized carbons (Fsp3) is 0.545. The number of alkyl halides is 1. The number of carbonyl (C=O) groups is 1. The normalized spacial score (nSPS) is 23.5. The maximum Gasteiger partial charge on any atom is 0.237 e. The SMILES string of the molecule is COc1ccc2ncc(NC3CCN(CC(=O)N4C[C@@H](F)C[C@H]4C)CC3)cc2c1. The van der Waals surface area contributed by atoms with Gasteiger partial charge >= 0.3 is 0 Å². The van der Waals surface area contributed by atoms with E-state index in [1.54, 1.807) is 12.0 Å². The second-order valence-corrected chi connectivity index (χ2v) is 8.21. The number of hydrogen-bond acceptors (Lipinski definition) is 5. The standard InChI is InChI=1S/C22H29FN4O2/c1-15-9-17(23)13-27(15)22(28)14-26-7-5-18(6-8-26)25-19-10-16-11-20(29-2)3-4-21(16)24-12-19/h3-4,10-12,15,17-18,25H,5-9,13-14H2,1-2H3/t15-,17+/m1/s1. The van der Waals surface area contributed by atoms with Gasteiger partial charge in [0, 0.05) is 37.0 Å². The molecule has 0 spiro atoms. The van der Waals surface area contributed by atoms with Crippen LogP contribution < -0.4 is 10.1 Å². The van der Waals surface area contributed by atoms with E-state index in [1.165, 1.54) is 0 Å². The number of benzene rings is 1. The van der Waals surface area contributed by atoms with Crippen LogP contribution in [0.4, 0.5) is 10.1 Å². The van der Waals surface area contributed by atoms with Crippen molar-refractivity contribution < 1.29 is 13.9 Å². The first-order valence-electron chi connectivity index (χ1n) is 10.4. The molecule has 1 aromatic carbocycles. The minimum absolute atomic E-state index is 0.00994. The van der Waals surface area contributed by atoms with E-state index < -0.39 is 6.17 Å². The molecular weight excluding hydrogens is 371 g/mol. The van der Waals surface area contributed by atoms with E-state index in [9.17, 15) is 9.18 Å². The molecule has 6 nitrogen and oxygen atoms in total. The Bertz CT molecular complexity index is 869. The lowest BCUT2D eigenvalue weighted by molar-refractivity contribution is -0.133. The van der Waals surface area contributed by atoms with E-state index >= 15 is 0 Å². The number of amides is 1. The molecule has 29 heavy (non-hydrogen) atoms. The number of likely N-dealkylation sites (tertiary alicyclic amines) is 2. The quantitative estimate of drug-likeness (QED) is 0.836. The number of rotatable bonds is 5. The molecule has 0 radical (unpaired) electrons. The summed E-state index contributed by atoms with van der Waals surface area (Å²) in [5.74, 6) is 0.873. The molecule has 156 valence electrons. The number of carbonyl (C=O) groups excluding carboxylic acids is 1. The van der Waals surface area contributed by atoms with Crippen molar-refractivity contribution in [3.63, 3.8) is 0 Å². The fourth-order valence-corrected chi connectivity index (χ4v) is 4.38. The Balaban J connectivity index is 1.29. The van der Waals surface area contributed by atoms with Gasteiger partial charge in [0.05, 0.1) is 37.6 Å². The number of nitrogens with zero attached hydrogens (tertiary/aromatic N) is 3. The van der Waals surface area contributed by atoms with Crippen LogP contribution in [-0.4, -0.2) is 72.2 Å². The number of nitrogens with one attached hydrogen (secondary N) is 1. The summed E-state index contributed by atoms with van der Waals surface area (Å²) in [5, 5.41) is 4.62. The Morgan fingerprint density at radius 1 is 1.31 bits per heavy atom. The van der Waals surface area contributed by atoms with Crippen LogP contribution >= 0.6 is 0 Å². The predicted octanol–water partition coefficient (Wildman–Crippen LogP) is 3.08. The summed E-state index contributed by atoms with van der Waals surface area (Å²) >= 11 is 0. The zero-order valence-electron chi connectivity index (χ0n) is 17.1. The first-order chi connectivity index (χ1) is 14.0. The molecule has 7 heteroatoms. The van der Waals surface area contributed by atoms with Crippen molar-refractivity contribution in [3.8, 4) is 5.75 Å². The fourth-order valence-electron chi connectivity index (χ4n) is 4.38. The summed E-state index contributed by atoms with van der Waals surface area (Å²) in [5.41, 5.74) is 1.94. The summed E-state index contributed by atoms with van der Waals surface area (Å²) in [6, 6.07) is 8.32. The lowest BCUT2D eigenvalue weighted by atomic mass is 10.0. The van der Waals surface area contributed by atoms with Crippen LogP contribution in [0.25, 0.3) is 10.9 Å². The average molecular weight is 400 g/mol. The van der Waals surface area contributed by atoms with Crippen LogP contribution in [0, 0.1) is 0 Å². The Hall–Kier alpha value is -2.41. The summed E-state index contributed by atoms with van der Waals surface area (Å²) in [6.07, 6.45) is 3.38. The van der Waals surface area contributed by atoms with Crippen LogP contribution in [0.3, 0.4) is 0 Å². The molecule has 3 heterocycles. The molecule has 0 bridgehead atoms. The highest BCUT2D eigenvalue weighted by Gasteiger charge is 2.33. The third-order valence-electron chi connectivity index (χ3n) is 6.05. The van der Waals surface area contributed by atoms with Gasteiger partial charge in [-0.25, -0.2) is 4.39 Å². The monoisotopic (exact) mass is 400 g/mol. The number of anilines is 1. The van der Waals surface area contributed by atoms with Gasteiger partial charge in [-0.15, -0.1) is 0 Å². The molecule has 2 atom stereocenters. The first kappa shape index (κ1) is 19.9. The summed E-state index contributed by atoms with van der Waals surface area (Å²) in [7, 11) is 1.66. The van der Waals surface area contributed by atoms with Gasteiger partial charge < -0.3 is 15.0 Å². The highest BCUT2D eigenvalue weighted by Crippen LogP contribution is 2.24. The number of methoxy groups -OCH3 is 1. The molecule has 1 amide bonds. The van der Waals surface area contributed by atoms with E-state index in [4.69, 9.17) is 4.74 Å². The molecule has 0 saturated carbocycles. The van der Waals surface area contributed by atoms with Crippen LogP contribution in [0.5, 0.6) is 5.75 Å². The molecule has 2 fully saturated rings. The van der Waals surface area contributed by atoms with Crippen LogP contribution in [-0.2, 0) is 4.79 Å².